The van der Waals surface area contributed by atoms with E-state index in [1.54, 1.807) is 0 Å². The smallest absolute Gasteiger partial charge is 0.241 e. The summed E-state index contributed by atoms with van der Waals surface area (Å²) in [4.78, 5) is 21.9. The third-order valence-corrected chi connectivity index (χ3v) is 5.21. The van der Waals surface area contributed by atoms with Crippen molar-refractivity contribution in [2.75, 3.05) is 36.4 Å². The Bertz CT molecular complexity index is 733. The molecule has 0 saturated carbocycles. The van der Waals surface area contributed by atoms with E-state index in [9.17, 15) is 4.79 Å². The Balaban J connectivity index is 1.45. The highest BCUT2D eigenvalue weighted by molar-refractivity contribution is 5.96. The van der Waals surface area contributed by atoms with Gasteiger partial charge in [-0.25, -0.2) is 4.98 Å². The summed E-state index contributed by atoms with van der Waals surface area (Å²) in [6.07, 6.45) is 4.72. The van der Waals surface area contributed by atoms with E-state index in [1.165, 1.54) is 5.56 Å². The minimum atomic E-state index is -0.0453. The average molecular weight is 336 g/mol. The van der Waals surface area contributed by atoms with Crippen molar-refractivity contribution in [3.63, 3.8) is 0 Å². The van der Waals surface area contributed by atoms with E-state index in [4.69, 9.17) is 0 Å². The molecule has 1 fully saturated rings. The number of aryl methyl sites for hydroxylation is 1. The molecule has 2 aromatic rings. The fraction of sp³-hybridized carbons (Fsp3) is 0.400. The van der Waals surface area contributed by atoms with Gasteiger partial charge in [-0.2, -0.15) is 0 Å². The highest BCUT2D eigenvalue weighted by Crippen LogP contribution is 2.24. The van der Waals surface area contributed by atoms with Gasteiger partial charge in [0.05, 0.1) is 6.04 Å². The molecule has 0 aliphatic carbocycles. The predicted octanol–water partition coefficient (Wildman–Crippen LogP) is 2.55. The van der Waals surface area contributed by atoms with Gasteiger partial charge < -0.3 is 10.2 Å². The Morgan fingerprint density at radius 1 is 1.00 bits per heavy atom. The van der Waals surface area contributed by atoms with Crippen LogP contribution in [0.4, 0.5) is 11.5 Å². The van der Waals surface area contributed by atoms with Gasteiger partial charge in [0.25, 0.3) is 0 Å². The fourth-order valence-corrected chi connectivity index (χ4v) is 3.87. The van der Waals surface area contributed by atoms with Gasteiger partial charge in [0, 0.05) is 38.1 Å². The first-order chi connectivity index (χ1) is 12.3. The summed E-state index contributed by atoms with van der Waals surface area (Å²) in [5.41, 5.74) is 2.21. The van der Waals surface area contributed by atoms with Crippen LogP contribution in [-0.2, 0) is 11.2 Å². The molecule has 3 heterocycles. The van der Waals surface area contributed by atoms with Crippen LogP contribution in [0.15, 0.2) is 48.7 Å². The van der Waals surface area contributed by atoms with Gasteiger partial charge in [-0.05, 0) is 43.0 Å². The van der Waals surface area contributed by atoms with Crippen molar-refractivity contribution in [1.82, 2.24) is 9.88 Å². The molecular weight excluding hydrogens is 312 g/mol. The van der Waals surface area contributed by atoms with Crippen molar-refractivity contribution >= 4 is 17.4 Å². The number of carbonyl (C=O) groups excluding carboxylic acids is 1. The fourth-order valence-electron chi connectivity index (χ4n) is 3.87. The second-order valence-corrected chi connectivity index (χ2v) is 6.77. The summed E-state index contributed by atoms with van der Waals surface area (Å²) in [5.74, 6) is 1.17. The second kappa shape index (κ2) is 7.23. The molecular formula is C20H24N4O. The Labute approximate surface area is 148 Å². The molecule has 5 nitrogen and oxygen atoms in total. The predicted molar refractivity (Wildman–Crippen MR) is 99.8 cm³/mol. The molecule has 1 saturated heterocycles. The van der Waals surface area contributed by atoms with Crippen molar-refractivity contribution in [3.05, 3.63) is 54.2 Å². The molecule has 0 spiro atoms. The van der Waals surface area contributed by atoms with Crippen LogP contribution >= 0.6 is 0 Å². The molecule has 1 aromatic carbocycles. The first-order valence-corrected chi connectivity index (χ1v) is 9.10. The summed E-state index contributed by atoms with van der Waals surface area (Å²) < 4.78 is 0. The van der Waals surface area contributed by atoms with Crippen LogP contribution in [0.1, 0.15) is 18.4 Å². The number of amides is 1. The van der Waals surface area contributed by atoms with Crippen LogP contribution in [-0.4, -0.2) is 48.0 Å². The van der Waals surface area contributed by atoms with Crippen molar-refractivity contribution < 1.29 is 4.79 Å². The third kappa shape index (κ3) is 3.51. The van der Waals surface area contributed by atoms with Gasteiger partial charge in [-0.3, -0.25) is 9.69 Å². The van der Waals surface area contributed by atoms with E-state index < -0.39 is 0 Å². The van der Waals surface area contributed by atoms with Crippen LogP contribution in [0.5, 0.6) is 0 Å². The Hall–Kier alpha value is -2.40. The molecule has 25 heavy (non-hydrogen) atoms. The lowest BCUT2D eigenvalue weighted by molar-refractivity contribution is -0.121. The maximum Gasteiger partial charge on any atom is 0.241 e. The Morgan fingerprint density at radius 3 is 2.76 bits per heavy atom. The average Bonchev–Trinajstić information content (AvgIpc) is 2.98. The zero-order valence-corrected chi connectivity index (χ0v) is 14.4. The van der Waals surface area contributed by atoms with Gasteiger partial charge in [-0.15, -0.1) is 0 Å². The van der Waals surface area contributed by atoms with Gasteiger partial charge in [0.2, 0.25) is 5.91 Å². The van der Waals surface area contributed by atoms with Crippen molar-refractivity contribution in [2.45, 2.75) is 25.3 Å². The van der Waals surface area contributed by atoms with Crippen LogP contribution in [0.3, 0.4) is 0 Å². The zero-order chi connectivity index (χ0) is 17.1. The topological polar surface area (TPSA) is 48.5 Å². The van der Waals surface area contributed by atoms with E-state index in [-0.39, 0.29) is 11.9 Å². The van der Waals surface area contributed by atoms with Crippen LogP contribution in [0, 0.1) is 0 Å². The summed E-state index contributed by atoms with van der Waals surface area (Å²) in [5, 5.41) is 3.13. The minimum absolute atomic E-state index is 0.0453. The van der Waals surface area contributed by atoms with Gasteiger partial charge in [0.1, 0.15) is 5.82 Å². The molecule has 1 amide bonds. The third-order valence-electron chi connectivity index (χ3n) is 5.21. The van der Waals surface area contributed by atoms with E-state index in [0.29, 0.717) is 0 Å². The lowest BCUT2D eigenvalue weighted by Crippen LogP contribution is -2.45. The first kappa shape index (κ1) is 16.1. The Morgan fingerprint density at radius 2 is 1.88 bits per heavy atom. The van der Waals surface area contributed by atoms with Crippen molar-refractivity contribution in [1.29, 1.82) is 0 Å². The standard InChI is InChI=1S/C20H24N4O/c25-20-18(10-9-16-6-1-2-7-17(16)22-20)23-12-5-13-24(15-14-23)19-8-3-4-11-21-19/h1-4,6-8,11,18H,5,9-10,12-15H2,(H,22,25). The van der Waals surface area contributed by atoms with Crippen LogP contribution in [0.2, 0.25) is 0 Å². The molecule has 2 aliphatic heterocycles. The number of nitrogens with one attached hydrogen (secondary N) is 1. The molecule has 4 rings (SSSR count). The highest BCUT2D eigenvalue weighted by atomic mass is 16.2. The molecule has 1 N–H and O–H groups in total. The van der Waals surface area contributed by atoms with E-state index in [0.717, 1.165) is 56.9 Å². The molecule has 1 aromatic heterocycles. The number of hydrogen-bond acceptors (Lipinski definition) is 4. The van der Waals surface area contributed by atoms with Crippen molar-refractivity contribution in [3.8, 4) is 0 Å². The first-order valence-electron chi connectivity index (χ1n) is 9.10. The number of pyridine rings is 1. The molecule has 130 valence electrons. The zero-order valence-electron chi connectivity index (χ0n) is 14.4. The number of aromatic nitrogens is 1. The number of rotatable bonds is 2. The SMILES string of the molecule is O=C1Nc2ccccc2CCC1N1CCCN(c2ccccn2)CC1. The molecule has 0 radical (unpaired) electrons. The molecule has 1 unspecified atom stereocenters. The number of anilines is 2. The number of nitrogens with zero attached hydrogens (tertiary/aromatic N) is 3. The lowest BCUT2D eigenvalue weighted by atomic mass is 10.0. The summed E-state index contributed by atoms with van der Waals surface area (Å²) >= 11 is 0. The normalized spacial score (nSPS) is 21.8. The number of para-hydroxylation sites is 1. The summed E-state index contributed by atoms with van der Waals surface area (Å²) in [6.45, 7) is 3.75. The molecule has 2 aliphatic rings. The number of fused-ring (bicyclic) bond motifs is 1. The summed E-state index contributed by atoms with van der Waals surface area (Å²) in [6, 6.07) is 14.1. The van der Waals surface area contributed by atoms with Crippen LogP contribution < -0.4 is 10.2 Å². The van der Waals surface area contributed by atoms with Gasteiger partial charge >= 0.3 is 0 Å². The molecule has 1 atom stereocenters. The second-order valence-electron chi connectivity index (χ2n) is 6.77. The molecule has 0 bridgehead atoms. The maximum absolute atomic E-state index is 12.8. The maximum atomic E-state index is 12.8. The van der Waals surface area contributed by atoms with Crippen LogP contribution in [0.25, 0.3) is 0 Å². The van der Waals surface area contributed by atoms with E-state index in [2.05, 4.69) is 32.2 Å². The number of hydrogen-bond donors (Lipinski definition) is 1. The largest absolute Gasteiger partial charge is 0.355 e. The monoisotopic (exact) mass is 336 g/mol. The summed E-state index contributed by atoms with van der Waals surface area (Å²) in [7, 11) is 0. The van der Waals surface area contributed by atoms with Crippen molar-refractivity contribution in [2.24, 2.45) is 0 Å². The quantitative estimate of drug-likeness (QED) is 0.916. The highest BCUT2D eigenvalue weighted by Gasteiger charge is 2.30. The van der Waals surface area contributed by atoms with E-state index >= 15 is 0 Å². The molecule has 5 heteroatoms. The Kier molecular flexibility index (Phi) is 4.65. The number of carbonyl (C=O) groups is 1. The number of benzene rings is 1. The van der Waals surface area contributed by atoms with Gasteiger partial charge in [-0.1, -0.05) is 24.3 Å². The lowest BCUT2D eigenvalue weighted by Gasteiger charge is -2.28. The van der Waals surface area contributed by atoms with E-state index in [1.807, 2.05) is 36.5 Å². The minimum Gasteiger partial charge on any atom is -0.355 e. The van der Waals surface area contributed by atoms with Gasteiger partial charge in [0.15, 0.2) is 0 Å².